The average Bonchev–Trinajstić information content (AvgIpc) is 3.11. The van der Waals surface area contributed by atoms with E-state index >= 15 is 0 Å². The molecule has 26 heavy (non-hydrogen) atoms. The van der Waals surface area contributed by atoms with Gasteiger partial charge >= 0.3 is 5.97 Å². The van der Waals surface area contributed by atoms with Gasteiger partial charge in [-0.2, -0.15) is 0 Å². The highest BCUT2D eigenvalue weighted by Crippen LogP contribution is 2.34. The van der Waals surface area contributed by atoms with E-state index < -0.39 is 17.9 Å². The third-order valence-corrected chi connectivity index (χ3v) is 5.07. The summed E-state index contributed by atoms with van der Waals surface area (Å²) in [5.41, 5.74) is 1.67. The van der Waals surface area contributed by atoms with Crippen LogP contribution in [0.15, 0.2) is 47.1 Å². The molecule has 1 aromatic carbocycles. The number of rotatable bonds is 9. The Morgan fingerprint density at radius 1 is 1.19 bits per heavy atom. The van der Waals surface area contributed by atoms with Crippen LogP contribution in [0.25, 0.3) is 0 Å². The molecule has 2 N–H and O–H groups in total. The van der Waals surface area contributed by atoms with Gasteiger partial charge in [-0.15, -0.1) is 11.8 Å². The number of amides is 1. The Bertz CT molecular complexity index is 755. The first-order valence-corrected chi connectivity index (χ1v) is 9.16. The Hall–Kier alpha value is -2.54. The molecule has 0 unspecified atom stereocenters. The van der Waals surface area contributed by atoms with Gasteiger partial charge < -0.3 is 14.8 Å². The lowest BCUT2D eigenvalue weighted by Gasteiger charge is -2.18. The fourth-order valence-electron chi connectivity index (χ4n) is 2.37. The zero-order valence-corrected chi connectivity index (χ0v) is 15.4. The van der Waals surface area contributed by atoms with Gasteiger partial charge in [0.05, 0.1) is 11.5 Å². The van der Waals surface area contributed by atoms with Crippen molar-refractivity contribution in [2.24, 2.45) is 0 Å². The highest BCUT2D eigenvalue weighted by atomic mass is 32.2. The molecular weight excluding hydrogens is 354 g/mol. The lowest BCUT2D eigenvalue weighted by Crippen LogP contribution is -2.41. The topological polar surface area (TPSA) is 96.6 Å². The minimum absolute atomic E-state index is 0.0506. The Morgan fingerprint density at radius 3 is 2.42 bits per heavy atom. The molecule has 0 aliphatic heterocycles. The second-order valence-corrected chi connectivity index (χ2v) is 7.16. The Labute approximate surface area is 156 Å². The summed E-state index contributed by atoms with van der Waals surface area (Å²) >= 11 is 1.27. The number of thioether (sulfide) groups is 1. The lowest BCUT2D eigenvalue weighted by atomic mass is 10.0. The van der Waals surface area contributed by atoms with Crippen molar-refractivity contribution in [1.29, 1.82) is 0 Å². The number of benzene rings is 1. The Balaban J connectivity index is 2.09. The molecule has 0 fully saturated rings. The first-order chi connectivity index (χ1) is 12.4. The van der Waals surface area contributed by atoms with Crippen molar-refractivity contribution >= 4 is 29.4 Å². The second-order valence-electron chi connectivity index (χ2n) is 5.92. The molecule has 7 heteroatoms. The molecule has 0 saturated heterocycles. The van der Waals surface area contributed by atoms with E-state index in [0.29, 0.717) is 11.3 Å². The summed E-state index contributed by atoms with van der Waals surface area (Å²) in [6.07, 6.45) is 1.69. The lowest BCUT2D eigenvalue weighted by molar-refractivity contribution is -0.140. The minimum Gasteiger partial charge on any atom is -0.480 e. The van der Waals surface area contributed by atoms with Crippen molar-refractivity contribution < 1.29 is 23.9 Å². The molecule has 1 heterocycles. The van der Waals surface area contributed by atoms with Crippen LogP contribution >= 0.6 is 11.8 Å². The molecule has 0 radical (unpaired) electrons. The van der Waals surface area contributed by atoms with E-state index in [9.17, 15) is 19.5 Å². The maximum Gasteiger partial charge on any atom is 0.327 e. The highest BCUT2D eigenvalue weighted by molar-refractivity contribution is 7.99. The number of carbonyl (C=O) groups is 3. The van der Waals surface area contributed by atoms with E-state index in [-0.39, 0.29) is 23.2 Å². The second kappa shape index (κ2) is 9.24. The van der Waals surface area contributed by atoms with Crippen LogP contribution in [0.3, 0.4) is 0 Å². The number of nitrogens with one attached hydrogen (secondary N) is 1. The molecule has 0 bridgehead atoms. The smallest absolute Gasteiger partial charge is 0.327 e. The van der Waals surface area contributed by atoms with Crippen LogP contribution in [0.5, 0.6) is 0 Å². The van der Waals surface area contributed by atoms with Gasteiger partial charge in [0.2, 0.25) is 5.91 Å². The van der Waals surface area contributed by atoms with Crippen molar-refractivity contribution in [2.75, 3.05) is 5.75 Å². The van der Waals surface area contributed by atoms with Crippen molar-refractivity contribution in [3.8, 4) is 0 Å². The van der Waals surface area contributed by atoms with Gasteiger partial charge in [0.1, 0.15) is 11.8 Å². The van der Waals surface area contributed by atoms with Crippen LogP contribution in [-0.2, 0) is 9.59 Å². The fourth-order valence-corrected chi connectivity index (χ4v) is 3.59. The number of carboxylic acids is 1. The zero-order valence-electron chi connectivity index (χ0n) is 14.6. The third-order valence-electron chi connectivity index (χ3n) is 3.74. The van der Waals surface area contributed by atoms with E-state index in [2.05, 4.69) is 5.32 Å². The number of hydrogen-bond donors (Lipinski definition) is 2. The summed E-state index contributed by atoms with van der Waals surface area (Å²) in [6, 6.07) is 9.76. The standard InChI is InChI=1S/C19H21NO5S/c1-12-5-7-14(8-6-12)16(22)10-18(17-4-3-9-25-17)26-11-15(19(23)24)20-13(2)21/h3-9,15,18H,10-11H2,1-2H3,(H,20,21)(H,23,24)/t15-,18+/m1/s1. The molecule has 2 aromatic rings. The van der Waals surface area contributed by atoms with Crippen molar-refractivity contribution in [2.45, 2.75) is 31.6 Å². The number of Topliss-reactive ketones (excluding diaryl/α,β-unsaturated/α-hetero) is 1. The maximum atomic E-state index is 12.6. The largest absolute Gasteiger partial charge is 0.480 e. The Morgan fingerprint density at radius 2 is 1.88 bits per heavy atom. The first kappa shape index (κ1) is 19.8. The summed E-state index contributed by atoms with van der Waals surface area (Å²) in [5.74, 6) is -0.853. The van der Waals surface area contributed by atoms with Gasteiger partial charge in [0, 0.05) is 24.7 Å². The predicted molar refractivity (Wildman–Crippen MR) is 99.3 cm³/mol. The highest BCUT2D eigenvalue weighted by Gasteiger charge is 2.25. The van der Waals surface area contributed by atoms with Crippen LogP contribution in [-0.4, -0.2) is 34.6 Å². The van der Waals surface area contributed by atoms with E-state index in [1.807, 2.05) is 19.1 Å². The van der Waals surface area contributed by atoms with Crippen LogP contribution in [0.1, 0.15) is 40.3 Å². The number of aliphatic carboxylic acids is 1. The fraction of sp³-hybridized carbons (Fsp3) is 0.316. The molecule has 2 rings (SSSR count). The first-order valence-electron chi connectivity index (χ1n) is 8.11. The van der Waals surface area contributed by atoms with Crippen LogP contribution < -0.4 is 5.32 Å². The van der Waals surface area contributed by atoms with Gasteiger partial charge in [-0.25, -0.2) is 4.79 Å². The van der Waals surface area contributed by atoms with Crippen LogP contribution in [0, 0.1) is 6.92 Å². The van der Waals surface area contributed by atoms with E-state index in [1.54, 1.807) is 24.3 Å². The van der Waals surface area contributed by atoms with E-state index in [1.165, 1.54) is 24.9 Å². The summed E-state index contributed by atoms with van der Waals surface area (Å²) in [4.78, 5) is 35.0. The molecule has 138 valence electrons. The number of carbonyl (C=O) groups excluding carboxylic acids is 2. The Kier molecular flexibility index (Phi) is 7.03. The van der Waals surface area contributed by atoms with Gasteiger partial charge in [-0.1, -0.05) is 29.8 Å². The molecular formula is C19H21NO5S. The predicted octanol–water partition coefficient (Wildman–Crippen LogP) is 3.22. The molecule has 0 saturated carbocycles. The van der Waals surface area contributed by atoms with Crippen molar-refractivity contribution in [3.63, 3.8) is 0 Å². The summed E-state index contributed by atoms with van der Waals surface area (Å²) in [5, 5.41) is 11.3. The molecule has 1 amide bonds. The summed E-state index contributed by atoms with van der Waals surface area (Å²) in [7, 11) is 0. The van der Waals surface area contributed by atoms with Gasteiger partial charge in [0.15, 0.2) is 5.78 Å². The monoisotopic (exact) mass is 375 g/mol. The molecule has 0 aliphatic carbocycles. The molecule has 1 aromatic heterocycles. The number of aryl methyl sites for hydroxylation is 1. The zero-order chi connectivity index (χ0) is 19.1. The molecule has 6 nitrogen and oxygen atoms in total. The molecule has 0 spiro atoms. The van der Waals surface area contributed by atoms with E-state index in [4.69, 9.17) is 4.42 Å². The van der Waals surface area contributed by atoms with Crippen LogP contribution in [0.2, 0.25) is 0 Å². The minimum atomic E-state index is -1.12. The van der Waals surface area contributed by atoms with Crippen molar-refractivity contribution in [1.82, 2.24) is 5.32 Å². The summed E-state index contributed by atoms with van der Waals surface area (Å²) < 4.78 is 5.42. The molecule has 0 aliphatic rings. The average molecular weight is 375 g/mol. The van der Waals surface area contributed by atoms with Crippen LogP contribution in [0.4, 0.5) is 0 Å². The van der Waals surface area contributed by atoms with E-state index in [0.717, 1.165) is 5.56 Å². The number of carboxylic acid groups (broad SMARTS) is 1. The maximum absolute atomic E-state index is 12.6. The van der Waals surface area contributed by atoms with Gasteiger partial charge in [-0.3, -0.25) is 9.59 Å². The van der Waals surface area contributed by atoms with Gasteiger partial charge in [0.25, 0.3) is 0 Å². The summed E-state index contributed by atoms with van der Waals surface area (Å²) in [6.45, 7) is 3.22. The number of hydrogen-bond acceptors (Lipinski definition) is 5. The van der Waals surface area contributed by atoms with Crippen molar-refractivity contribution in [3.05, 3.63) is 59.5 Å². The quantitative estimate of drug-likeness (QED) is 0.653. The number of ketones is 1. The number of furan rings is 1. The third kappa shape index (κ3) is 5.77. The van der Waals surface area contributed by atoms with Gasteiger partial charge in [-0.05, 0) is 19.1 Å². The SMILES string of the molecule is CC(=O)N[C@H](CS[C@@H](CC(=O)c1ccc(C)cc1)c1ccco1)C(=O)O. The normalized spacial score (nSPS) is 13.0. The molecule has 2 atom stereocenters.